The summed E-state index contributed by atoms with van der Waals surface area (Å²) in [7, 11) is 1.66. The molecule has 150 valence electrons. The van der Waals surface area contributed by atoms with E-state index < -0.39 is 11.9 Å². The van der Waals surface area contributed by atoms with Crippen LogP contribution in [0, 0.1) is 6.92 Å². The number of aliphatic imine (C=N–C) groups is 1. The van der Waals surface area contributed by atoms with Crippen LogP contribution in [0.4, 0.5) is 13.2 Å². The standard InChI is InChI=1S/C18H23F3N4S.HI/c1-12-4-6-14(7-5-12)13(2)10-24-17(22-3)23-9-8-16-25-15(11-26-16)18(19,20)21;/h4-7,11,13H,8-10H2,1-3H3,(H2,22,23,24);1H. The summed E-state index contributed by atoms with van der Waals surface area (Å²) in [5.41, 5.74) is 1.63. The van der Waals surface area contributed by atoms with Gasteiger partial charge in [-0.3, -0.25) is 4.99 Å². The normalized spacial score (nSPS) is 13.0. The summed E-state index contributed by atoms with van der Waals surface area (Å²) in [5, 5.41) is 7.85. The molecule has 1 aromatic carbocycles. The number of alkyl halides is 3. The highest BCUT2D eigenvalue weighted by Gasteiger charge is 2.33. The molecule has 1 unspecified atom stereocenters. The zero-order valence-electron chi connectivity index (χ0n) is 15.4. The number of rotatable bonds is 6. The van der Waals surface area contributed by atoms with Crippen molar-refractivity contribution in [3.05, 3.63) is 51.5 Å². The van der Waals surface area contributed by atoms with Gasteiger partial charge in [0.15, 0.2) is 11.7 Å². The number of halogens is 4. The largest absolute Gasteiger partial charge is 0.434 e. The van der Waals surface area contributed by atoms with Crippen LogP contribution in [0.5, 0.6) is 0 Å². The van der Waals surface area contributed by atoms with Crippen LogP contribution in [0.15, 0.2) is 34.6 Å². The molecule has 9 heteroatoms. The molecule has 2 aromatic rings. The molecule has 1 atom stereocenters. The van der Waals surface area contributed by atoms with E-state index in [0.29, 0.717) is 36.4 Å². The molecule has 4 nitrogen and oxygen atoms in total. The van der Waals surface area contributed by atoms with Crippen molar-refractivity contribution in [2.24, 2.45) is 4.99 Å². The van der Waals surface area contributed by atoms with Crippen molar-refractivity contribution < 1.29 is 13.2 Å². The number of aromatic nitrogens is 1. The zero-order valence-corrected chi connectivity index (χ0v) is 18.6. The summed E-state index contributed by atoms with van der Waals surface area (Å²) in [6.07, 6.45) is -3.97. The third-order valence-corrected chi connectivity index (χ3v) is 4.83. The number of nitrogens with zero attached hydrogens (tertiary/aromatic N) is 2. The van der Waals surface area contributed by atoms with E-state index in [-0.39, 0.29) is 24.0 Å². The molecular weight excluding hydrogens is 488 g/mol. The molecular formula is C18H24F3IN4S. The lowest BCUT2D eigenvalue weighted by Crippen LogP contribution is -2.39. The molecule has 0 radical (unpaired) electrons. The van der Waals surface area contributed by atoms with Gasteiger partial charge in [-0.1, -0.05) is 36.8 Å². The fourth-order valence-electron chi connectivity index (χ4n) is 2.33. The number of hydrogen-bond acceptors (Lipinski definition) is 3. The monoisotopic (exact) mass is 512 g/mol. The first-order chi connectivity index (χ1) is 12.3. The SMILES string of the molecule is CN=C(NCCc1nc(C(F)(F)F)cs1)NCC(C)c1ccc(C)cc1.I. The maximum Gasteiger partial charge on any atom is 0.434 e. The highest BCUT2D eigenvalue weighted by atomic mass is 127. The Morgan fingerprint density at radius 2 is 1.89 bits per heavy atom. The molecule has 0 saturated carbocycles. The van der Waals surface area contributed by atoms with Gasteiger partial charge < -0.3 is 10.6 Å². The molecule has 0 saturated heterocycles. The van der Waals surface area contributed by atoms with Crippen molar-refractivity contribution in [3.63, 3.8) is 0 Å². The minimum Gasteiger partial charge on any atom is -0.356 e. The maximum atomic E-state index is 12.5. The quantitative estimate of drug-likeness (QED) is 0.338. The summed E-state index contributed by atoms with van der Waals surface area (Å²) in [5.74, 6) is 0.930. The second kappa shape index (κ2) is 10.8. The summed E-state index contributed by atoms with van der Waals surface area (Å²) in [6, 6.07) is 8.39. The summed E-state index contributed by atoms with van der Waals surface area (Å²) >= 11 is 1.02. The number of hydrogen-bond donors (Lipinski definition) is 2. The average Bonchev–Trinajstić information content (AvgIpc) is 3.07. The lowest BCUT2D eigenvalue weighted by molar-refractivity contribution is -0.140. The first-order valence-corrected chi connectivity index (χ1v) is 9.20. The van der Waals surface area contributed by atoms with Crippen LogP contribution in [0.25, 0.3) is 0 Å². The van der Waals surface area contributed by atoms with Gasteiger partial charge in [0.2, 0.25) is 0 Å². The second-order valence-corrected chi connectivity index (χ2v) is 7.01. The first kappa shape index (κ1) is 23.7. The molecule has 0 bridgehead atoms. The van der Waals surface area contributed by atoms with Gasteiger partial charge in [-0.15, -0.1) is 35.3 Å². The third kappa shape index (κ3) is 7.65. The number of benzene rings is 1. The Hall–Kier alpha value is -1.36. The molecule has 2 N–H and O–H groups in total. The minimum atomic E-state index is -4.38. The molecule has 0 fully saturated rings. The van der Waals surface area contributed by atoms with E-state index in [2.05, 4.69) is 58.7 Å². The van der Waals surface area contributed by atoms with Crippen molar-refractivity contribution >= 4 is 41.3 Å². The average molecular weight is 512 g/mol. The predicted octanol–water partition coefficient (Wildman–Crippen LogP) is 4.60. The second-order valence-electron chi connectivity index (χ2n) is 6.07. The zero-order chi connectivity index (χ0) is 19.2. The number of guanidine groups is 1. The van der Waals surface area contributed by atoms with Gasteiger partial charge in [0.05, 0.1) is 5.01 Å². The van der Waals surface area contributed by atoms with Crippen LogP contribution in [0.1, 0.15) is 34.7 Å². The summed E-state index contributed by atoms with van der Waals surface area (Å²) in [4.78, 5) is 7.76. The molecule has 2 rings (SSSR count). The van der Waals surface area contributed by atoms with Crippen molar-refractivity contribution in [3.8, 4) is 0 Å². The van der Waals surface area contributed by atoms with Crippen molar-refractivity contribution in [1.29, 1.82) is 0 Å². The van der Waals surface area contributed by atoms with Gasteiger partial charge in [0.1, 0.15) is 0 Å². The Balaban J connectivity index is 0.00000364. The van der Waals surface area contributed by atoms with Crippen molar-refractivity contribution in [1.82, 2.24) is 15.6 Å². The Kier molecular flexibility index (Phi) is 9.51. The molecule has 0 aliphatic rings. The van der Waals surface area contributed by atoms with Crippen LogP contribution in [0.2, 0.25) is 0 Å². The van der Waals surface area contributed by atoms with Gasteiger partial charge in [0.25, 0.3) is 0 Å². The van der Waals surface area contributed by atoms with E-state index in [0.717, 1.165) is 16.7 Å². The molecule has 0 amide bonds. The van der Waals surface area contributed by atoms with Crippen molar-refractivity contribution in [2.45, 2.75) is 32.4 Å². The summed E-state index contributed by atoms with van der Waals surface area (Å²) < 4.78 is 37.6. The van der Waals surface area contributed by atoms with Crippen LogP contribution in [-0.4, -0.2) is 31.1 Å². The Morgan fingerprint density at radius 3 is 2.44 bits per heavy atom. The van der Waals surface area contributed by atoms with E-state index >= 15 is 0 Å². The third-order valence-electron chi connectivity index (χ3n) is 3.92. The van der Waals surface area contributed by atoms with E-state index in [9.17, 15) is 13.2 Å². The van der Waals surface area contributed by atoms with E-state index in [1.54, 1.807) is 7.05 Å². The van der Waals surface area contributed by atoms with Crippen molar-refractivity contribution in [2.75, 3.05) is 20.1 Å². The molecule has 27 heavy (non-hydrogen) atoms. The highest BCUT2D eigenvalue weighted by molar-refractivity contribution is 14.0. The summed E-state index contributed by atoms with van der Waals surface area (Å²) in [6.45, 7) is 5.35. The molecule has 1 aromatic heterocycles. The van der Waals surface area contributed by atoms with E-state index in [1.807, 2.05) is 0 Å². The smallest absolute Gasteiger partial charge is 0.356 e. The lowest BCUT2D eigenvalue weighted by atomic mass is 10.0. The maximum absolute atomic E-state index is 12.5. The highest BCUT2D eigenvalue weighted by Crippen LogP contribution is 2.30. The van der Waals surface area contributed by atoms with Crippen LogP contribution >= 0.6 is 35.3 Å². The Labute approximate surface area is 178 Å². The van der Waals surface area contributed by atoms with Gasteiger partial charge >= 0.3 is 6.18 Å². The van der Waals surface area contributed by atoms with Gasteiger partial charge in [0, 0.05) is 31.9 Å². The molecule has 0 aliphatic carbocycles. The minimum absolute atomic E-state index is 0. The topological polar surface area (TPSA) is 49.3 Å². The predicted molar refractivity (Wildman–Crippen MR) is 115 cm³/mol. The molecule has 1 heterocycles. The first-order valence-electron chi connectivity index (χ1n) is 8.32. The van der Waals surface area contributed by atoms with Gasteiger partial charge in [-0.25, -0.2) is 4.98 Å². The number of nitrogens with one attached hydrogen (secondary N) is 2. The van der Waals surface area contributed by atoms with Gasteiger partial charge in [-0.05, 0) is 18.4 Å². The van der Waals surface area contributed by atoms with E-state index in [4.69, 9.17) is 0 Å². The molecule has 0 spiro atoms. The number of aryl methyl sites for hydroxylation is 1. The fourth-order valence-corrected chi connectivity index (χ4v) is 3.13. The van der Waals surface area contributed by atoms with Gasteiger partial charge in [-0.2, -0.15) is 13.2 Å². The van der Waals surface area contributed by atoms with E-state index in [1.165, 1.54) is 11.1 Å². The van der Waals surface area contributed by atoms with Crippen LogP contribution in [-0.2, 0) is 12.6 Å². The Morgan fingerprint density at radius 1 is 1.22 bits per heavy atom. The Bertz CT molecular complexity index is 729. The number of thiazole rings is 1. The fraction of sp³-hybridized carbons (Fsp3) is 0.444. The van der Waals surface area contributed by atoms with Crippen LogP contribution < -0.4 is 10.6 Å². The lowest BCUT2D eigenvalue weighted by Gasteiger charge is -2.16. The molecule has 0 aliphatic heterocycles. The van der Waals surface area contributed by atoms with Crippen LogP contribution in [0.3, 0.4) is 0 Å².